The van der Waals surface area contributed by atoms with Crippen molar-refractivity contribution in [2.75, 3.05) is 0 Å². The molecule has 0 aliphatic heterocycles. The summed E-state index contributed by atoms with van der Waals surface area (Å²) in [6.07, 6.45) is 2.89. The van der Waals surface area contributed by atoms with Crippen molar-refractivity contribution in [2.24, 2.45) is 0 Å². The van der Waals surface area contributed by atoms with E-state index in [1.165, 1.54) is 23.3 Å². The number of aryl methyl sites for hydroxylation is 1. The van der Waals surface area contributed by atoms with Crippen LogP contribution >= 0.6 is 0 Å². The minimum absolute atomic E-state index is 0.121. The van der Waals surface area contributed by atoms with Crippen molar-refractivity contribution in [3.63, 3.8) is 0 Å². The molecule has 1 heterocycles. The third kappa shape index (κ3) is 2.54. The number of rotatable bonds is 2. The van der Waals surface area contributed by atoms with Gasteiger partial charge < -0.3 is 0 Å². The van der Waals surface area contributed by atoms with Crippen LogP contribution in [0.5, 0.6) is 0 Å². The topological polar surface area (TPSA) is 34.9 Å². The normalized spacial score (nSPS) is 16.9. The van der Waals surface area contributed by atoms with E-state index in [0.717, 1.165) is 17.8 Å². The molecule has 24 heavy (non-hydrogen) atoms. The predicted octanol–water partition coefficient (Wildman–Crippen LogP) is 4.23. The summed E-state index contributed by atoms with van der Waals surface area (Å²) in [5.74, 6) is -0.00889. The van der Waals surface area contributed by atoms with Gasteiger partial charge in [0, 0.05) is 6.42 Å². The van der Waals surface area contributed by atoms with Gasteiger partial charge in [-0.2, -0.15) is 5.10 Å². The second-order valence-electron chi connectivity index (χ2n) is 6.34. The smallest absolute Gasteiger partial charge is 0.166 e. The van der Waals surface area contributed by atoms with Crippen LogP contribution in [0.3, 0.4) is 0 Å². The number of fused-ring (bicyclic) bond motifs is 1. The highest BCUT2D eigenvalue weighted by atomic mass is 19.1. The van der Waals surface area contributed by atoms with Crippen LogP contribution in [0.25, 0.3) is 5.69 Å². The monoisotopic (exact) mass is 320 g/mol. The van der Waals surface area contributed by atoms with Crippen molar-refractivity contribution in [3.8, 4) is 5.69 Å². The second kappa shape index (κ2) is 5.71. The number of carbonyl (C=O) groups excluding carboxylic acids is 1. The quantitative estimate of drug-likeness (QED) is 0.708. The summed E-state index contributed by atoms with van der Waals surface area (Å²) in [7, 11) is 0. The summed E-state index contributed by atoms with van der Waals surface area (Å²) in [5, 5.41) is 4.37. The molecule has 0 N–H and O–H groups in total. The summed E-state index contributed by atoms with van der Waals surface area (Å²) in [6.45, 7) is 2.06. The Labute approximate surface area is 139 Å². The molecule has 4 heteroatoms. The summed E-state index contributed by atoms with van der Waals surface area (Å²) >= 11 is 0. The molecule has 0 saturated carbocycles. The molecule has 0 fully saturated rings. The SMILES string of the molecule is Cc1cccc(C2CC(=O)c3cnn(-c4ccc(F)cc4)c3C2)c1. The molecule has 1 atom stereocenters. The van der Waals surface area contributed by atoms with E-state index in [1.807, 2.05) is 6.07 Å². The highest BCUT2D eigenvalue weighted by Gasteiger charge is 2.30. The number of hydrogen-bond acceptors (Lipinski definition) is 2. The van der Waals surface area contributed by atoms with E-state index in [4.69, 9.17) is 0 Å². The van der Waals surface area contributed by atoms with Crippen molar-refractivity contribution in [3.05, 3.63) is 82.9 Å². The van der Waals surface area contributed by atoms with Gasteiger partial charge in [-0.15, -0.1) is 0 Å². The van der Waals surface area contributed by atoms with Crippen LogP contribution in [0.2, 0.25) is 0 Å². The minimum Gasteiger partial charge on any atom is -0.294 e. The van der Waals surface area contributed by atoms with Gasteiger partial charge in [0.05, 0.1) is 23.1 Å². The van der Waals surface area contributed by atoms with Gasteiger partial charge in [0.1, 0.15) is 5.82 Å². The van der Waals surface area contributed by atoms with Crippen LogP contribution in [0.15, 0.2) is 54.7 Å². The molecule has 0 radical (unpaired) electrons. The maximum atomic E-state index is 13.2. The Bertz CT molecular complexity index is 912. The molecule has 4 rings (SSSR count). The van der Waals surface area contributed by atoms with Gasteiger partial charge in [-0.1, -0.05) is 29.8 Å². The Balaban J connectivity index is 1.75. The maximum Gasteiger partial charge on any atom is 0.166 e. The first-order valence-electron chi connectivity index (χ1n) is 8.04. The standard InChI is InChI=1S/C20H17FN2O/c1-13-3-2-4-14(9-13)15-10-19-18(20(24)11-15)12-22-23(19)17-7-5-16(21)6-8-17/h2-9,12,15H,10-11H2,1H3. The lowest BCUT2D eigenvalue weighted by molar-refractivity contribution is 0.0963. The lowest BCUT2D eigenvalue weighted by Gasteiger charge is -2.23. The highest BCUT2D eigenvalue weighted by molar-refractivity contribution is 5.98. The van der Waals surface area contributed by atoms with Crippen LogP contribution in [0.4, 0.5) is 4.39 Å². The van der Waals surface area contributed by atoms with E-state index in [2.05, 4.69) is 30.2 Å². The summed E-state index contributed by atoms with van der Waals surface area (Å²) in [6, 6.07) is 14.5. The fraction of sp³-hybridized carbons (Fsp3) is 0.200. The Kier molecular flexibility index (Phi) is 3.53. The summed E-state index contributed by atoms with van der Waals surface area (Å²) in [5.41, 5.74) is 4.74. The first-order chi connectivity index (χ1) is 11.6. The predicted molar refractivity (Wildman–Crippen MR) is 90.1 cm³/mol. The number of carbonyl (C=O) groups is 1. The lowest BCUT2D eigenvalue weighted by Crippen LogP contribution is -2.20. The second-order valence-corrected chi connectivity index (χ2v) is 6.34. The van der Waals surface area contributed by atoms with Crippen molar-refractivity contribution < 1.29 is 9.18 Å². The fourth-order valence-electron chi connectivity index (χ4n) is 3.41. The van der Waals surface area contributed by atoms with E-state index in [-0.39, 0.29) is 17.5 Å². The van der Waals surface area contributed by atoms with Crippen LogP contribution in [-0.4, -0.2) is 15.6 Å². The number of aromatic nitrogens is 2. The zero-order valence-corrected chi connectivity index (χ0v) is 13.4. The number of Topliss-reactive ketones (excluding diaryl/α,β-unsaturated/α-hetero) is 1. The molecule has 0 bridgehead atoms. The Morgan fingerprint density at radius 1 is 1.12 bits per heavy atom. The van der Waals surface area contributed by atoms with E-state index in [9.17, 15) is 9.18 Å². The Hall–Kier alpha value is -2.75. The fourth-order valence-corrected chi connectivity index (χ4v) is 3.41. The number of halogens is 1. The van der Waals surface area contributed by atoms with E-state index in [1.54, 1.807) is 23.0 Å². The van der Waals surface area contributed by atoms with Gasteiger partial charge in [0.25, 0.3) is 0 Å². The molecule has 3 aromatic rings. The molecule has 1 aliphatic carbocycles. The third-order valence-electron chi connectivity index (χ3n) is 4.63. The van der Waals surface area contributed by atoms with E-state index in [0.29, 0.717) is 12.0 Å². The largest absolute Gasteiger partial charge is 0.294 e. The number of hydrogen-bond donors (Lipinski definition) is 0. The molecular formula is C20H17FN2O. The number of nitrogens with zero attached hydrogens (tertiary/aromatic N) is 2. The Morgan fingerprint density at radius 2 is 1.92 bits per heavy atom. The van der Waals surface area contributed by atoms with E-state index >= 15 is 0 Å². The maximum absolute atomic E-state index is 13.2. The van der Waals surface area contributed by atoms with Crippen LogP contribution in [0, 0.1) is 12.7 Å². The van der Waals surface area contributed by atoms with Gasteiger partial charge in [-0.25, -0.2) is 9.07 Å². The van der Waals surface area contributed by atoms with Gasteiger partial charge in [-0.05, 0) is 49.1 Å². The first-order valence-corrected chi connectivity index (χ1v) is 8.04. The van der Waals surface area contributed by atoms with Gasteiger partial charge in [-0.3, -0.25) is 4.79 Å². The molecule has 0 spiro atoms. The minimum atomic E-state index is -0.284. The third-order valence-corrected chi connectivity index (χ3v) is 4.63. The average molecular weight is 320 g/mol. The molecular weight excluding hydrogens is 303 g/mol. The summed E-state index contributed by atoms with van der Waals surface area (Å²) in [4.78, 5) is 12.5. The zero-order chi connectivity index (χ0) is 16.7. The average Bonchev–Trinajstić information content (AvgIpc) is 3.00. The molecule has 0 saturated heterocycles. The Morgan fingerprint density at radius 3 is 2.67 bits per heavy atom. The molecule has 1 unspecified atom stereocenters. The molecule has 0 amide bonds. The van der Waals surface area contributed by atoms with Crippen LogP contribution in [0.1, 0.15) is 39.5 Å². The highest BCUT2D eigenvalue weighted by Crippen LogP contribution is 2.34. The molecule has 120 valence electrons. The number of ketones is 1. The lowest BCUT2D eigenvalue weighted by atomic mass is 9.82. The van der Waals surface area contributed by atoms with Crippen molar-refractivity contribution >= 4 is 5.78 Å². The number of benzene rings is 2. The van der Waals surface area contributed by atoms with Gasteiger partial charge in [0.2, 0.25) is 0 Å². The van der Waals surface area contributed by atoms with Gasteiger partial charge in [0.15, 0.2) is 5.78 Å². The van der Waals surface area contributed by atoms with Gasteiger partial charge >= 0.3 is 0 Å². The van der Waals surface area contributed by atoms with E-state index < -0.39 is 0 Å². The zero-order valence-electron chi connectivity index (χ0n) is 13.4. The van der Waals surface area contributed by atoms with Crippen LogP contribution < -0.4 is 0 Å². The van der Waals surface area contributed by atoms with Crippen LogP contribution in [-0.2, 0) is 6.42 Å². The molecule has 1 aromatic heterocycles. The first kappa shape index (κ1) is 14.8. The molecule has 1 aliphatic rings. The molecule has 3 nitrogen and oxygen atoms in total. The molecule has 2 aromatic carbocycles. The van der Waals surface area contributed by atoms with Crippen molar-refractivity contribution in [1.29, 1.82) is 0 Å². The van der Waals surface area contributed by atoms with Crippen molar-refractivity contribution in [1.82, 2.24) is 9.78 Å². The summed E-state index contributed by atoms with van der Waals surface area (Å²) < 4.78 is 14.9. The van der Waals surface area contributed by atoms with Crippen molar-refractivity contribution in [2.45, 2.75) is 25.7 Å².